The van der Waals surface area contributed by atoms with Crippen LogP contribution >= 0.6 is 0 Å². The van der Waals surface area contributed by atoms with Gasteiger partial charge in [-0.2, -0.15) is 5.26 Å². The second kappa shape index (κ2) is 4.29. The number of likely N-dealkylation sites (tertiary alicyclic amines) is 1. The Labute approximate surface area is 84.1 Å². The molecule has 78 valence electrons. The van der Waals surface area contributed by atoms with Gasteiger partial charge in [-0.15, -0.1) is 0 Å². The lowest BCUT2D eigenvalue weighted by atomic mass is 9.89. The molecule has 1 aliphatic heterocycles. The summed E-state index contributed by atoms with van der Waals surface area (Å²) in [6.45, 7) is 1.69. The van der Waals surface area contributed by atoms with Crippen molar-refractivity contribution in [2.75, 3.05) is 27.2 Å². The van der Waals surface area contributed by atoms with E-state index in [0.29, 0.717) is 12.8 Å². The van der Waals surface area contributed by atoms with Gasteiger partial charge in [-0.1, -0.05) is 0 Å². The average Bonchev–Trinajstić information content (AvgIpc) is 2.22. The van der Waals surface area contributed by atoms with E-state index in [1.807, 2.05) is 7.05 Å². The fraction of sp³-hybridized carbons (Fsp3) is 0.778. The summed E-state index contributed by atoms with van der Waals surface area (Å²) in [5.41, 5.74) is -0.674. The van der Waals surface area contributed by atoms with Crippen LogP contribution in [0.25, 0.3) is 0 Å². The number of carbonyl (C=O) groups excluding carboxylic acids is 1. The van der Waals surface area contributed by atoms with Gasteiger partial charge >= 0.3 is 6.03 Å². The Hall–Kier alpha value is -1.28. The van der Waals surface area contributed by atoms with Crippen molar-refractivity contribution in [3.8, 4) is 6.07 Å². The number of hydrogen-bond donors (Lipinski definition) is 2. The van der Waals surface area contributed by atoms with Gasteiger partial charge in [0.2, 0.25) is 0 Å². The predicted molar refractivity (Wildman–Crippen MR) is 52.7 cm³/mol. The minimum atomic E-state index is -0.674. The summed E-state index contributed by atoms with van der Waals surface area (Å²) in [7, 11) is 3.57. The van der Waals surface area contributed by atoms with E-state index in [1.54, 1.807) is 7.05 Å². The first-order valence-corrected chi connectivity index (χ1v) is 4.71. The molecule has 1 rings (SSSR count). The van der Waals surface area contributed by atoms with Gasteiger partial charge in [0.1, 0.15) is 5.54 Å². The summed E-state index contributed by atoms with van der Waals surface area (Å²) in [6, 6.07) is 1.92. The summed E-state index contributed by atoms with van der Waals surface area (Å²) < 4.78 is 0. The molecule has 5 nitrogen and oxygen atoms in total. The molecule has 1 heterocycles. The average molecular weight is 196 g/mol. The summed E-state index contributed by atoms with van der Waals surface area (Å²) in [5, 5.41) is 14.2. The number of piperidine rings is 1. The molecule has 0 radical (unpaired) electrons. The van der Waals surface area contributed by atoms with Crippen LogP contribution < -0.4 is 10.6 Å². The quantitative estimate of drug-likeness (QED) is 0.615. The normalized spacial score (nSPS) is 20.9. The first-order chi connectivity index (χ1) is 6.62. The van der Waals surface area contributed by atoms with Crippen LogP contribution in [0.3, 0.4) is 0 Å². The zero-order chi connectivity index (χ0) is 10.6. The minimum Gasteiger partial charge on any atom is -0.341 e. The van der Waals surface area contributed by atoms with Gasteiger partial charge in [0, 0.05) is 20.1 Å². The van der Waals surface area contributed by atoms with E-state index in [-0.39, 0.29) is 6.03 Å². The Balaban J connectivity index is 2.60. The van der Waals surface area contributed by atoms with Crippen molar-refractivity contribution in [2.45, 2.75) is 18.4 Å². The van der Waals surface area contributed by atoms with Gasteiger partial charge in [0.25, 0.3) is 0 Å². The second-order valence-corrected chi connectivity index (χ2v) is 3.70. The van der Waals surface area contributed by atoms with Crippen molar-refractivity contribution in [1.82, 2.24) is 15.5 Å². The molecule has 0 spiro atoms. The Kier molecular flexibility index (Phi) is 3.31. The molecule has 0 atom stereocenters. The number of urea groups is 1. The minimum absolute atomic E-state index is 0.281. The van der Waals surface area contributed by atoms with Crippen LogP contribution in [-0.4, -0.2) is 43.7 Å². The second-order valence-electron chi connectivity index (χ2n) is 3.70. The third-order valence-electron chi connectivity index (χ3n) is 2.63. The first kappa shape index (κ1) is 10.8. The van der Waals surface area contributed by atoms with Crippen LogP contribution in [-0.2, 0) is 0 Å². The van der Waals surface area contributed by atoms with E-state index in [0.717, 1.165) is 13.1 Å². The van der Waals surface area contributed by atoms with Crippen molar-refractivity contribution in [3.63, 3.8) is 0 Å². The van der Waals surface area contributed by atoms with E-state index in [4.69, 9.17) is 5.26 Å². The SMILES string of the molecule is CNC(=O)NC1(C#N)CCN(C)CC1. The maximum Gasteiger partial charge on any atom is 0.315 e. The number of amides is 2. The zero-order valence-electron chi connectivity index (χ0n) is 8.63. The lowest BCUT2D eigenvalue weighted by Crippen LogP contribution is -2.55. The monoisotopic (exact) mass is 196 g/mol. The largest absolute Gasteiger partial charge is 0.341 e. The highest BCUT2D eigenvalue weighted by molar-refractivity contribution is 5.75. The smallest absolute Gasteiger partial charge is 0.315 e. The molecule has 0 saturated carbocycles. The first-order valence-electron chi connectivity index (χ1n) is 4.71. The van der Waals surface area contributed by atoms with E-state index in [1.165, 1.54) is 0 Å². The van der Waals surface area contributed by atoms with Crippen molar-refractivity contribution in [2.24, 2.45) is 0 Å². The van der Waals surface area contributed by atoms with Crippen LogP contribution in [0.5, 0.6) is 0 Å². The maximum absolute atomic E-state index is 11.1. The molecule has 14 heavy (non-hydrogen) atoms. The summed E-state index contributed by atoms with van der Waals surface area (Å²) >= 11 is 0. The molecule has 2 N–H and O–H groups in total. The van der Waals surface area contributed by atoms with Crippen molar-refractivity contribution in [1.29, 1.82) is 5.26 Å². The molecule has 0 unspecified atom stereocenters. The Morgan fingerprint density at radius 2 is 2.07 bits per heavy atom. The van der Waals surface area contributed by atoms with Gasteiger partial charge in [-0.05, 0) is 19.9 Å². The predicted octanol–water partition coefficient (Wildman–Crippen LogP) is -0.0966. The Morgan fingerprint density at radius 1 is 1.50 bits per heavy atom. The van der Waals surface area contributed by atoms with Gasteiger partial charge in [0.05, 0.1) is 6.07 Å². The summed E-state index contributed by atoms with van der Waals surface area (Å²) in [5.74, 6) is 0. The van der Waals surface area contributed by atoms with Gasteiger partial charge in [0.15, 0.2) is 0 Å². The van der Waals surface area contributed by atoms with Crippen LogP contribution in [0.1, 0.15) is 12.8 Å². The zero-order valence-corrected chi connectivity index (χ0v) is 8.63. The van der Waals surface area contributed by atoms with Gasteiger partial charge in [-0.3, -0.25) is 0 Å². The Morgan fingerprint density at radius 3 is 2.50 bits per heavy atom. The topological polar surface area (TPSA) is 68.2 Å². The van der Waals surface area contributed by atoms with Gasteiger partial charge in [-0.25, -0.2) is 4.79 Å². The molecule has 1 saturated heterocycles. The lowest BCUT2D eigenvalue weighted by molar-refractivity contribution is 0.189. The molecular formula is C9H16N4O. The van der Waals surface area contributed by atoms with E-state index < -0.39 is 5.54 Å². The molecule has 2 amide bonds. The van der Waals surface area contributed by atoms with Crippen LogP contribution in [0.4, 0.5) is 4.79 Å². The molecule has 0 bridgehead atoms. The highest BCUT2D eigenvalue weighted by atomic mass is 16.2. The molecule has 0 aromatic heterocycles. The number of hydrogen-bond acceptors (Lipinski definition) is 3. The molecule has 0 aromatic carbocycles. The van der Waals surface area contributed by atoms with Crippen LogP contribution in [0.2, 0.25) is 0 Å². The van der Waals surface area contributed by atoms with Crippen LogP contribution in [0, 0.1) is 11.3 Å². The summed E-state index contributed by atoms with van der Waals surface area (Å²) in [6.07, 6.45) is 1.38. The van der Waals surface area contributed by atoms with Crippen molar-refractivity contribution >= 4 is 6.03 Å². The molecule has 0 aliphatic carbocycles. The van der Waals surface area contributed by atoms with Gasteiger partial charge < -0.3 is 15.5 Å². The lowest BCUT2D eigenvalue weighted by Gasteiger charge is -2.35. The maximum atomic E-state index is 11.1. The summed E-state index contributed by atoms with van der Waals surface area (Å²) in [4.78, 5) is 13.3. The number of rotatable bonds is 1. The van der Waals surface area contributed by atoms with Crippen molar-refractivity contribution in [3.05, 3.63) is 0 Å². The molecule has 5 heteroatoms. The van der Waals surface area contributed by atoms with E-state index >= 15 is 0 Å². The fourth-order valence-electron chi connectivity index (χ4n) is 1.54. The third kappa shape index (κ3) is 2.36. The molecule has 1 aliphatic rings. The standard InChI is InChI=1S/C9H16N4O/c1-11-8(14)12-9(7-10)3-5-13(2)6-4-9/h3-6H2,1-2H3,(H2,11,12,14). The number of nitrogens with zero attached hydrogens (tertiary/aromatic N) is 2. The highest BCUT2D eigenvalue weighted by Gasteiger charge is 2.34. The van der Waals surface area contributed by atoms with Crippen LogP contribution in [0.15, 0.2) is 0 Å². The number of nitriles is 1. The fourth-order valence-corrected chi connectivity index (χ4v) is 1.54. The number of nitrogens with one attached hydrogen (secondary N) is 2. The Bertz CT molecular complexity index is 250. The molecule has 0 aromatic rings. The van der Waals surface area contributed by atoms with Crippen molar-refractivity contribution < 1.29 is 4.79 Å². The van der Waals surface area contributed by atoms with E-state index in [2.05, 4.69) is 21.6 Å². The number of carbonyl (C=O) groups is 1. The molecular weight excluding hydrogens is 180 g/mol. The molecule has 1 fully saturated rings. The third-order valence-corrected chi connectivity index (χ3v) is 2.63. The van der Waals surface area contributed by atoms with E-state index in [9.17, 15) is 4.79 Å². The highest BCUT2D eigenvalue weighted by Crippen LogP contribution is 2.20.